The van der Waals surface area contributed by atoms with Crippen LogP contribution >= 0.6 is 11.3 Å². The van der Waals surface area contributed by atoms with E-state index >= 15 is 0 Å². The van der Waals surface area contributed by atoms with Crippen molar-refractivity contribution in [3.63, 3.8) is 0 Å². The molecule has 0 saturated heterocycles. The minimum atomic E-state index is 0.490. The van der Waals surface area contributed by atoms with Crippen molar-refractivity contribution in [2.24, 2.45) is 0 Å². The van der Waals surface area contributed by atoms with Crippen molar-refractivity contribution in [1.82, 2.24) is 15.0 Å². The molecule has 5 heteroatoms. The highest BCUT2D eigenvalue weighted by molar-refractivity contribution is 7.13. The smallest absolute Gasteiger partial charge is 0.216 e. The van der Waals surface area contributed by atoms with Gasteiger partial charge in [0.15, 0.2) is 0 Å². The minimum Gasteiger partial charge on any atom is -0.481 e. The Kier molecular flexibility index (Phi) is 3.68. The summed E-state index contributed by atoms with van der Waals surface area (Å²) in [6.07, 6.45) is 2.59. The van der Waals surface area contributed by atoms with Crippen LogP contribution in [0, 0.1) is 0 Å². The van der Waals surface area contributed by atoms with Gasteiger partial charge in [-0.3, -0.25) is 0 Å². The van der Waals surface area contributed by atoms with Gasteiger partial charge in [-0.2, -0.15) is 0 Å². The quantitative estimate of drug-likeness (QED) is 0.835. The Labute approximate surface area is 105 Å². The topological polar surface area (TPSA) is 47.9 Å². The van der Waals surface area contributed by atoms with E-state index in [1.165, 1.54) is 6.33 Å². The number of methoxy groups -OCH3 is 1. The molecule has 0 bridgehead atoms. The van der Waals surface area contributed by atoms with Crippen molar-refractivity contribution in [1.29, 1.82) is 0 Å². The summed E-state index contributed by atoms with van der Waals surface area (Å²) < 4.78 is 5.08. The number of hydrogen-bond donors (Lipinski definition) is 0. The Balaban J connectivity index is 2.30. The molecule has 90 valence electrons. The zero-order chi connectivity index (χ0) is 12.3. The molecule has 4 nitrogen and oxygen atoms in total. The van der Waals surface area contributed by atoms with Gasteiger partial charge in [-0.05, 0) is 12.3 Å². The molecule has 0 aliphatic rings. The van der Waals surface area contributed by atoms with Crippen molar-refractivity contribution in [3.05, 3.63) is 23.5 Å². The molecule has 0 fully saturated rings. The van der Waals surface area contributed by atoms with Gasteiger partial charge in [0.05, 0.1) is 12.8 Å². The summed E-state index contributed by atoms with van der Waals surface area (Å²) >= 11 is 1.61. The van der Waals surface area contributed by atoms with E-state index in [9.17, 15) is 0 Å². The highest BCUT2D eigenvalue weighted by atomic mass is 32.1. The van der Waals surface area contributed by atoms with Gasteiger partial charge in [0.2, 0.25) is 5.88 Å². The van der Waals surface area contributed by atoms with Crippen LogP contribution in [0.4, 0.5) is 0 Å². The summed E-state index contributed by atoms with van der Waals surface area (Å²) in [6, 6.07) is 1.80. The van der Waals surface area contributed by atoms with Crippen molar-refractivity contribution >= 4 is 11.3 Å². The highest BCUT2D eigenvalue weighted by Crippen LogP contribution is 2.27. The van der Waals surface area contributed by atoms with Crippen LogP contribution in [0.5, 0.6) is 5.88 Å². The van der Waals surface area contributed by atoms with E-state index in [1.807, 2.05) is 0 Å². The van der Waals surface area contributed by atoms with Gasteiger partial charge in [0, 0.05) is 11.4 Å². The summed E-state index contributed by atoms with van der Waals surface area (Å²) in [4.78, 5) is 12.8. The third kappa shape index (κ3) is 2.61. The molecule has 0 amide bonds. The van der Waals surface area contributed by atoms with Gasteiger partial charge < -0.3 is 4.74 Å². The molecule has 0 spiro atoms. The number of nitrogens with zero attached hydrogens (tertiary/aromatic N) is 3. The Bertz CT molecular complexity index is 498. The molecule has 0 N–H and O–H groups in total. The monoisotopic (exact) mass is 249 g/mol. The second-order valence-electron chi connectivity index (χ2n) is 3.83. The van der Waals surface area contributed by atoms with E-state index in [1.54, 1.807) is 24.5 Å². The van der Waals surface area contributed by atoms with E-state index in [0.717, 1.165) is 22.8 Å². The second-order valence-corrected chi connectivity index (χ2v) is 4.69. The first-order valence-corrected chi connectivity index (χ1v) is 6.44. The third-order valence-corrected chi connectivity index (χ3v) is 3.59. The fourth-order valence-corrected chi connectivity index (χ4v) is 2.32. The number of ether oxygens (including phenoxy) is 1. The maximum absolute atomic E-state index is 5.08. The van der Waals surface area contributed by atoms with Crippen LogP contribution in [0.25, 0.3) is 10.7 Å². The molecule has 2 aromatic heterocycles. The maximum Gasteiger partial charge on any atom is 0.216 e. The lowest BCUT2D eigenvalue weighted by Gasteiger charge is -2.02. The number of rotatable bonds is 4. The Morgan fingerprint density at radius 3 is 2.94 bits per heavy atom. The van der Waals surface area contributed by atoms with Crippen LogP contribution in [0.1, 0.15) is 31.9 Å². The predicted octanol–water partition coefficient (Wildman–Crippen LogP) is 3.12. The van der Waals surface area contributed by atoms with Crippen LogP contribution < -0.4 is 4.74 Å². The first-order chi connectivity index (χ1) is 8.24. The van der Waals surface area contributed by atoms with Gasteiger partial charge in [-0.15, -0.1) is 11.3 Å². The zero-order valence-electron chi connectivity index (χ0n) is 10.2. The predicted molar refractivity (Wildman–Crippen MR) is 68.4 cm³/mol. The number of hydrogen-bond acceptors (Lipinski definition) is 5. The van der Waals surface area contributed by atoms with Crippen LogP contribution in [-0.4, -0.2) is 22.1 Å². The maximum atomic E-state index is 5.08. The van der Waals surface area contributed by atoms with E-state index in [4.69, 9.17) is 4.74 Å². The highest BCUT2D eigenvalue weighted by Gasteiger charge is 2.11. The Morgan fingerprint density at radius 1 is 1.41 bits per heavy atom. The van der Waals surface area contributed by atoms with Crippen molar-refractivity contribution in [2.45, 2.75) is 26.2 Å². The standard InChI is InChI=1S/C12H15N3OS/c1-4-8(2)10-6-17-12(15-10)9-5-11(16-3)14-7-13-9/h5-8H,4H2,1-3H3. The SMILES string of the molecule is CCC(C)c1csc(-c2cc(OC)ncn2)n1. The average Bonchev–Trinajstić information content (AvgIpc) is 2.87. The van der Waals surface area contributed by atoms with Crippen molar-refractivity contribution in [3.8, 4) is 16.6 Å². The average molecular weight is 249 g/mol. The van der Waals surface area contributed by atoms with E-state index in [2.05, 4.69) is 34.2 Å². The van der Waals surface area contributed by atoms with Crippen LogP contribution in [0.3, 0.4) is 0 Å². The molecular formula is C12H15N3OS. The summed E-state index contributed by atoms with van der Waals surface area (Å²) in [6.45, 7) is 4.34. The lowest BCUT2D eigenvalue weighted by Crippen LogP contribution is -1.93. The molecule has 2 rings (SSSR count). The molecule has 0 saturated carbocycles. The summed E-state index contributed by atoms with van der Waals surface area (Å²) in [5, 5.41) is 3.01. The molecule has 2 aromatic rings. The fraction of sp³-hybridized carbons (Fsp3) is 0.417. The molecular weight excluding hydrogens is 234 g/mol. The first kappa shape index (κ1) is 12.0. The number of thiazole rings is 1. The van der Waals surface area contributed by atoms with E-state index in [-0.39, 0.29) is 0 Å². The van der Waals surface area contributed by atoms with Gasteiger partial charge in [-0.25, -0.2) is 15.0 Å². The van der Waals surface area contributed by atoms with Crippen LogP contribution in [0.2, 0.25) is 0 Å². The van der Waals surface area contributed by atoms with Gasteiger partial charge >= 0.3 is 0 Å². The molecule has 2 heterocycles. The Morgan fingerprint density at radius 2 is 2.24 bits per heavy atom. The second kappa shape index (κ2) is 5.23. The van der Waals surface area contributed by atoms with Crippen LogP contribution in [-0.2, 0) is 0 Å². The molecule has 0 radical (unpaired) electrons. The van der Waals surface area contributed by atoms with Crippen molar-refractivity contribution in [2.75, 3.05) is 7.11 Å². The Hall–Kier alpha value is -1.49. The van der Waals surface area contributed by atoms with Gasteiger partial charge in [-0.1, -0.05) is 13.8 Å². The number of aromatic nitrogens is 3. The molecule has 17 heavy (non-hydrogen) atoms. The summed E-state index contributed by atoms with van der Waals surface area (Å²) in [5.74, 6) is 1.05. The largest absolute Gasteiger partial charge is 0.481 e. The molecule has 0 aromatic carbocycles. The fourth-order valence-electron chi connectivity index (χ4n) is 1.41. The molecule has 0 aliphatic carbocycles. The van der Waals surface area contributed by atoms with Crippen LogP contribution in [0.15, 0.2) is 17.8 Å². The summed E-state index contributed by atoms with van der Waals surface area (Å²) in [5.41, 5.74) is 1.95. The lowest BCUT2D eigenvalue weighted by atomic mass is 10.1. The molecule has 1 unspecified atom stereocenters. The van der Waals surface area contributed by atoms with E-state index in [0.29, 0.717) is 11.8 Å². The third-order valence-electron chi connectivity index (χ3n) is 2.71. The van der Waals surface area contributed by atoms with Gasteiger partial charge in [0.25, 0.3) is 0 Å². The summed E-state index contributed by atoms with van der Waals surface area (Å²) in [7, 11) is 1.60. The van der Waals surface area contributed by atoms with Crippen molar-refractivity contribution < 1.29 is 4.74 Å². The van der Waals surface area contributed by atoms with E-state index < -0.39 is 0 Å². The normalized spacial score (nSPS) is 12.4. The first-order valence-electron chi connectivity index (χ1n) is 5.56. The molecule has 1 atom stereocenters. The minimum absolute atomic E-state index is 0.490. The van der Waals surface area contributed by atoms with Gasteiger partial charge in [0.1, 0.15) is 17.0 Å². The zero-order valence-corrected chi connectivity index (χ0v) is 11.0. The lowest BCUT2D eigenvalue weighted by molar-refractivity contribution is 0.397. The molecule has 0 aliphatic heterocycles.